The van der Waals surface area contributed by atoms with Gasteiger partial charge in [-0.3, -0.25) is 4.79 Å². The molecule has 4 nitrogen and oxygen atoms in total. The molecule has 0 spiro atoms. The van der Waals surface area contributed by atoms with Crippen LogP contribution < -0.4 is 0 Å². The number of imidazole rings is 1. The molecule has 1 aliphatic carbocycles. The van der Waals surface area contributed by atoms with Crippen molar-refractivity contribution in [1.82, 2.24) is 14.5 Å². The van der Waals surface area contributed by atoms with Crippen LogP contribution in [0, 0.1) is 0 Å². The van der Waals surface area contributed by atoms with Crippen molar-refractivity contribution in [2.45, 2.75) is 51.1 Å². The molecule has 2 aromatic rings. The highest BCUT2D eigenvalue weighted by Gasteiger charge is 2.26. The summed E-state index contributed by atoms with van der Waals surface area (Å²) < 4.78 is 1.98. The van der Waals surface area contributed by atoms with Crippen molar-refractivity contribution in [1.29, 1.82) is 0 Å². The van der Waals surface area contributed by atoms with Crippen LogP contribution in [-0.2, 0) is 4.79 Å². The van der Waals surface area contributed by atoms with Crippen molar-refractivity contribution in [3.8, 4) is 0 Å². The zero-order valence-electron chi connectivity index (χ0n) is 12.8. The average molecular weight is 285 g/mol. The second-order valence-electron chi connectivity index (χ2n) is 6.06. The van der Waals surface area contributed by atoms with E-state index < -0.39 is 0 Å². The molecule has 0 unspecified atom stereocenters. The summed E-state index contributed by atoms with van der Waals surface area (Å²) in [6.45, 7) is 1.97. The van der Waals surface area contributed by atoms with E-state index >= 15 is 0 Å². The number of fused-ring (bicyclic) bond motifs is 1. The Labute approximate surface area is 125 Å². The van der Waals surface area contributed by atoms with Crippen LogP contribution in [0.5, 0.6) is 0 Å². The summed E-state index contributed by atoms with van der Waals surface area (Å²) in [6.07, 6.45) is 7.84. The predicted molar refractivity (Wildman–Crippen MR) is 84.1 cm³/mol. The summed E-state index contributed by atoms with van der Waals surface area (Å²) in [5, 5.41) is 0. The standard InChI is InChI=1S/C17H23N3O/c1-13(17(21)19(2)14-8-4-3-5-9-14)20-12-18-15-10-6-7-11-16(15)20/h6-7,10-14H,3-5,8-9H2,1-2H3/t13-/m1/s1. The van der Waals surface area contributed by atoms with Gasteiger partial charge in [-0.1, -0.05) is 31.4 Å². The fraction of sp³-hybridized carbons (Fsp3) is 0.529. The van der Waals surface area contributed by atoms with Crippen molar-refractivity contribution < 1.29 is 4.79 Å². The van der Waals surface area contributed by atoms with E-state index in [0.717, 1.165) is 23.9 Å². The highest BCUT2D eigenvalue weighted by Crippen LogP contribution is 2.25. The summed E-state index contributed by atoms with van der Waals surface area (Å²) in [6, 6.07) is 8.16. The van der Waals surface area contributed by atoms with Gasteiger partial charge in [-0.2, -0.15) is 0 Å². The highest BCUT2D eigenvalue weighted by molar-refractivity contribution is 5.83. The largest absolute Gasteiger partial charge is 0.341 e. The lowest BCUT2D eigenvalue weighted by atomic mass is 9.94. The number of benzene rings is 1. The van der Waals surface area contributed by atoms with Crippen LogP contribution in [0.15, 0.2) is 30.6 Å². The molecule has 1 amide bonds. The maximum absolute atomic E-state index is 12.8. The molecule has 1 heterocycles. The number of para-hydroxylation sites is 2. The number of carbonyl (C=O) groups excluding carboxylic acids is 1. The van der Waals surface area contributed by atoms with E-state index in [4.69, 9.17) is 0 Å². The van der Waals surface area contributed by atoms with E-state index in [9.17, 15) is 4.79 Å². The number of rotatable bonds is 3. The van der Waals surface area contributed by atoms with Gasteiger partial charge >= 0.3 is 0 Å². The van der Waals surface area contributed by atoms with Gasteiger partial charge in [0.05, 0.1) is 17.4 Å². The van der Waals surface area contributed by atoms with Crippen LogP contribution >= 0.6 is 0 Å². The lowest BCUT2D eigenvalue weighted by Crippen LogP contribution is -2.41. The highest BCUT2D eigenvalue weighted by atomic mass is 16.2. The van der Waals surface area contributed by atoms with E-state index in [1.807, 2.05) is 47.7 Å². The van der Waals surface area contributed by atoms with Crippen LogP contribution in [0.3, 0.4) is 0 Å². The molecule has 1 aliphatic rings. The minimum atomic E-state index is -0.204. The summed E-state index contributed by atoms with van der Waals surface area (Å²) >= 11 is 0. The molecule has 1 saturated carbocycles. The summed E-state index contributed by atoms with van der Waals surface area (Å²) in [5.74, 6) is 0.185. The van der Waals surface area contributed by atoms with Crippen LogP contribution in [0.4, 0.5) is 0 Å². The Hall–Kier alpha value is -1.84. The number of carbonyl (C=O) groups is 1. The Balaban J connectivity index is 1.80. The van der Waals surface area contributed by atoms with Gasteiger partial charge in [0.15, 0.2) is 0 Å². The van der Waals surface area contributed by atoms with Gasteiger partial charge < -0.3 is 9.47 Å². The van der Waals surface area contributed by atoms with E-state index in [0.29, 0.717) is 6.04 Å². The quantitative estimate of drug-likeness (QED) is 0.867. The Morgan fingerprint density at radius 3 is 2.76 bits per heavy atom. The second-order valence-corrected chi connectivity index (χ2v) is 6.06. The number of amides is 1. The SMILES string of the molecule is C[C@H](C(=O)N(C)C1CCCCC1)n1cnc2ccccc21. The minimum absolute atomic E-state index is 0.185. The Bertz CT molecular complexity index is 628. The van der Waals surface area contributed by atoms with Gasteiger partial charge in [0.2, 0.25) is 5.91 Å². The van der Waals surface area contributed by atoms with Crippen molar-refractivity contribution >= 4 is 16.9 Å². The number of aromatic nitrogens is 2. The van der Waals surface area contributed by atoms with Crippen LogP contribution in [0.1, 0.15) is 45.1 Å². The molecule has 0 bridgehead atoms. The molecule has 1 aromatic heterocycles. The van der Waals surface area contributed by atoms with Crippen LogP contribution in [0.2, 0.25) is 0 Å². The molecule has 0 saturated heterocycles. The molecule has 0 radical (unpaired) electrons. The Kier molecular flexibility index (Phi) is 3.95. The Morgan fingerprint density at radius 2 is 2.00 bits per heavy atom. The van der Waals surface area contributed by atoms with E-state index in [1.54, 1.807) is 6.33 Å². The van der Waals surface area contributed by atoms with Crippen molar-refractivity contribution in [2.24, 2.45) is 0 Å². The third-order valence-electron chi connectivity index (χ3n) is 4.73. The van der Waals surface area contributed by atoms with Crippen LogP contribution in [0.25, 0.3) is 11.0 Å². The maximum atomic E-state index is 12.8. The maximum Gasteiger partial charge on any atom is 0.245 e. The summed E-state index contributed by atoms with van der Waals surface area (Å²) in [7, 11) is 1.95. The van der Waals surface area contributed by atoms with Gasteiger partial charge in [-0.05, 0) is 31.9 Å². The molecule has 0 N–H and O–H groups in total. The van der Waals surface area contributed by atoms with E-state index in [1.165, 1.54) is 19.3 Å². The molecular formula is C17H23N3O. The smallest absolute Gasteiger partial charge is 0.245 e. The molecule has 1 aromatic carbocycles. The van der Waals surface area contributed by atoms with Crippen molar-refractivity contribution in [3.63, 3.8) is 0 Å². The molecular weight excluding hydrogens is 262 g/mol. The zero-order chi connectivity index (χ0) is 14.8. The normalized spacial score (nSPS) is 17.8. The molecule has 4 heteroatoms. The number of hydrogen-bond donors (Lipinski definition) is 0. The molecule has 21 heavy (non-hydrogen) atoms. The average Bonchev–Trinajstić information content (AvgIpc) is 2.97. The minimum Gasteiger partial charge on any atom is -0.341 e. The number of nitrogens with zero attached hydrogens (tertiary/aromatic N) is 3. The van der Waals surface area contributed by atoms with Crippen molar-refractivity contribution in [2.75, 3.05) is 7.05 Å². The third-order valence-corrected chi connectivity index (χ3v) is 4.73. The van der Waals surface area contributed by atoms with Gasteiger partial charge in [0, 0.05) is 13.1 Å². The van der Waals surface area contributed by atoms with Gasteiger partial charge in [-0.15, -0.1) is 0 Å². The van der Waals surface area contributed by atoms with Crippen molar-refractivity contribution in [3.05, 3.63) is 30.6 Å². The fourth-order valence-corrected chi connectivity index (χ4v) is 3.35. The number of hydrogen-bond acceptors (Lipinski definition) is 2. The zero-order valence-corrected chi connectivity index (χ0v) is 12.8. The predicted octanol–water partition coefficient (Wildman–Crippen LogP) is 3.39. The first kappa shape index (κ1) is 14.1. The second kappa shape index (κ2) is 5.88. The Morgan fingerprint density at radius 1 is 1.29 bits per heavy atom. The molecule has 1 fully saturated rings. The van der Waals surface area contributed by atoms with E-state index in [2.05, 4.69) is 4.98 Å². The van der Waals surface area contributed by atoms with Gasteiger partial charge in [-0.25, -0.2) is 4.98 Å². The van der Waals surface area contributed by atoms with Gasteiger partial charge in [0.25, 0.3) is 0 Å². The third kappa shape index (κ3) is 2.67. The number of likely N-dealkylation sites (N-methyl/N-ethyl adjacent to an activating group) is 1. The van der Waals surface area contributed by atoms with Gasteiger partial charge in [0.1, 0.15) is 6.04 Å². The first-order chi connectivity index (χ1) is 10.2. The monoisotopic (exact) mass is 285 g/mol. The topological polar surface area (TPSA) is 38.1 Å². The summed E-state index contributed by atoms with van der Waals surface area (Å²) in [5.41, 5.74) is 1.97. The fourth-order valence-electron chi connectivity index (χ4n) is 3.35. The lowest BCUT2D eigenvalue weighted by Gasteiger charge is -2.33. The molecule has 3 rings (SSSR count). The first-order valence-electron chi connectivity index (χ1n) is 7.86. The lowest BCUT2D eigenvalue weighted by molar-refractivity contribution is -0.135. The summed E-state index contributed by atoms with van der Waals surface area (Å²) in [4.78, 5) is 19.1. The first-order valence-corrected chi connectivity index (χ1v) is 7.86. The van der Waals surface area contributed by atoms with Crippen LogP contribution in [-0.4, -0.2) is 33.4 Å². The molecule has 0 aliphatic heterocycles. The van der Waals surface area contributed by atoms with E-state index in [-0.39, 0.29) is 11.9 Å². The molecule has 112 valence electrons. The molecule has 1 atom stereocenters.